The highest BCUT2D eigenvalue weighted by Crippen LogP contribution is 2.25. The molecule has 0 saturated carbocycles. The third-order valence-corrected chi connectivity index (χ3v) is 6.08. The summed E-state index contributed by atoms with van der Waals surface area (Å²) in [7, 11) is 0. The average Bonchev–Trinajstić information content (AvgIpc) is 3.07. The second kappa shape index (κ2) is 9.70. The Morgan fingerprint density at radius 1 is 0.879 bits per heavy atom. The maximum absolute atomic E-state index is 12.7. The van der Waals surface area contributed by atoms with Crippen molar-refractivity contribution in [2.24, 2.45) is 0 Å². The maximum atomic E-state index is 12.7. The van der Waals surface area contributed by atoms with E-state index in [1.165, 1.54) is 11.8 Å². The molecule has 4 rings (SSSR count). The molecule has 3 amide bonds. The zero-order valence-electron chi connectivity index (χ0n) is 17.7. The van der Waals surface area contributed by atoms with Crippen LogP contribution in [0.2, 0.25) is 0 Å². The summed E-state index contributed by atoms with van der Waals surface area (Å²) in [6, 6.07) is 20.6. The smallest absolute Gasteiger partial charge is 0.341 e. The Morgan fingerprint density at radius 2 is 1.48 bits per heavy atom. The lowest BCUT2D eigenvalue weighted by molar-refractivity contribution is -0.113. The minimum Gasteiger partial charge on any atom is -0.440 e. The molecule has 1 N–H and O–H groups in total. The monoisotopic (exact) mass is 460 g/mol. The van der Waals surface area contributed by atoms with E-state index in [0.717, 1.165) is 10.5 Å². The van der Waals surface area contributed by atoms with Gasteiger partial charge >= 0.3 is 5.97 Å². The first kappa shape index (κ1) is 22.3. The fourth-order valence-corrected chi connectivity index (χ4v) is 4.14. The van der Waals surface area contributed by atoms with E-state index in [1.807, 2.05) is 31.2 Å². The number of benzene rings is 3. The van der Waals surface area contributed by atoms with Crippen molar-refractivity contribution in [2.75, 3.05) is 17.8 Å². The molecule has 3 aromatic carbocycles. The summed E-state index contributed by atoms with van der Waals surface area (Å²) in [6.45, 7) is 1.48. The van der Waals surface area contributed by atoms with Gasteiger partial charge in [0.15, 0.2) is 6.73 Å². The van der Waals surface area contributed by atoms with Gasteiger partial charge in [-0.15, -0.1) is 11.8 Å². The number of aryl methyl sites for hydroxylation is 1. The molecule has 1 heterocycles. The number of imide groups is 1. The lowest BCUT2D eigenvalue weighted by Gasteiger charge is -2.15. The second-order valence-electron chi connectivity index (χ2n) is 7.34. The minimum atomic E-state index is -0.686. The number of nitrogens with zero attached hydrogens (tertiary/aromatic N) is 1. The third-order valence-electron chi connectivity index (χ3n) is 5.00. The van der Waals surface area contributed by atoms with Crippen molar-refractivity contribution in [1.29, 1.82) is 0 Å². The number of amides is 3. The maximum Gasteiger partial charge on any atom is 0.341 e. The highest BCUT2D eigenvalue weighted by atomic mass is 32.2. The number of esters is 1. The van der Waals surface area contributed by atoms with Crippen molar-refractivity contribution in [3.05, 3.63) is 95.1 Å². The van der Waals surface area contributed by atoms with Gasteiger partial charge in [-0.25, -0.2) is 9.69 Å². The third kappa shape index (κ3) is 4.96. The highest BCUT2D eigenvalue weighted by molar-refractivity contribution is 8.00. The van der Waals surface area contributed by atoms with Crippen LogP contribution in [0.5, 0.6) is 0 Å². The SMILES string of the molecule is Cc1ccc(NC(=O)CSc2ccccc2C(=O)OCN2C(=O)c3ccccc3C2=O)cc1. The molecule has 0 atom stereocenters. The highest BCUT2D eigenvalue weighted by Gasteiger charge is 2.35. The molecule has 0 unspecified atom stereocenters. The zero-order chi connectivity index (χ0) is 23.4. The fourth-order valence-electron chi connectivity index (χ4n) is 3.30. The molecule has 8 heteroatoms. The molecule has 166 valence electrons. The first-order valence-corrected chi connectivity index (χ1v) is 11.1. The summed E-state index contributed by atoms with van der Waals surface area (Å²) in [4.78, 5) is 51.3. The summed E-state index contributed by atoms with van der Waals surface area (Å²) in [5.41, 5.74) is 2.61. The van der Waals surface area contributed by atoms with Gasteiger partial charge in [0, 0.05) is 10.6 Å². The first-order chi connectivity index (χ1) is 15.9. The largest absolute Gasteiger partial charge is 0.440 e. The van der Waals surface area contributed by atoms with E-state index in [4.69, 9.17) is 4.74 Å². The molecule has 3 aromatic rings. The van der Waals surface area contributed by atoms with Crippen LogP contribution >= 0.6 is 11.8 Å². The Kier molecular flexibility index (Phi) is 6.55. The van der Waals surface area contributed by atoms with Crippen molar-refractivity contribution >= 4 is 41.1 Å². The zero-order valence-corrected chi connectivity index (χ0v) is 18.6. The van der Waals surface area contributed by atoms with Crippen molar-refractivity contribution in [2.45, 2.75) is 11.8 Å². The van der Waals surface area contributed by atoms with E-state index in [1.54, 1.807) is 48.5 Å². The van der Waals surface area contributed by atoms with Crippen LogP contribution in [0.3, 0.4) is 0 Å². The molecule has 33 heavy (non-hydrogen) atoms. The topological polar surface area (TPSA) is 92.8 Å². The molecule has 1 aliphatic rings. The van der Waals surface area contributed by atoms with Crippen LogP contribution in [0, 0.1) is 6.92 Å². The minimum absolute atomic E-state index is 0.0938. The molecule has 0 fully saturated rings. The Balaban J connectivity index is 1.36. The first-order valence-electron chi connectivity index (χ1n) is 10.1. The Bertz CT molecular complexity index is 1200. The normalized spacial score (nSPS) is 12.5. The van der Waals surface area contributed by atoms with E-state index in [9.17, 15) is 19.2 Å². The molecule has 1 aliphatic heterocycles. The fraction of sp³-hybridized carbons (Fsp3) is 0.120. The number of thioether (sulfide) groups is 1. The number of fused-ring (bicyclic) bond motifs is 1. The number of ether oxygens (including phenoxy) is 1. The van der Waals surface area contributed by atoms with Gasteiger partial charge in [-0.2, -0.15) is 0 Å². The molecular formula is C25H20N2O5S. The van der Waals surface area contributed by atoms with Crippen molar-refractivity contribution < 1.29 is 23.9 Å². The Morgan fingerprint density at radius 3 is 2.15 bits per heavy atom. The lowest BCUT2D eigenvalue weighted by atomic mass is 10.1. The van der Waals surface area contributed by atoms with Gasteiger partial charge in [-0.1, -0.05) is 42.0 Å². The Hall–Kier alpha value is -3.91. The van der Waals surface area contributed by atoms with Gasteiger partial charge in [0.2, 0.25) is 5.91 Å². The predicted octanol–water partition coefficient (Wildman–Crippen LogP) is 4.14. The summed E-state index contributed by atoms with van der Waals surface area (Å²) in [6.07, 6.45) is 0. The molecule has 0 aliphatic carbocycles. The van der Waals surface area contributed by atoms with Crippen LogP contribution in [0.15, 0.2) is 77.7 Å². The van der Waals surface area contributed by atoms with Gasteiger partial charge < -0.3 is 10.1 Å². The van der Waals surface area contributed by atoms with E-state index in [0.29, 0.717) is 10.6 Å². The summed E-state index contributed by atoms with van der Waals surface area (Å²) in [5, 5.41) is 2.81. The molecule has 7 nitrogen and oxygen atoms in total. The van der Waals surface area contributed by atoms with E-state index in [2.05, 4.69) is 5.32 Å². The number of nitrogens with one attached hydrogen (secondary N) is 1. The van der Waals surface area contributed by atoms with Gasteiger partial charge in [0.05, 0.1) is 22.4 Å². The van der Waals surface area contributed by atoms with E-state index >= 15 is 0 Å². The van der Waals surface area contributed by atoms with Crippen LogP contribution < -0.4 is 5.32 Å². The number of carbonyl (C=O) groups is 4. The van der Waals surface area contributed by atoms with Gasteiger partial charge in [0.25, 0.3) is 11.8 Å². The van der Waals surface area contributed by atoms with Gasteiger partial charge in [0.1, 0.15) is 0 Å². The summed E-state index contributed by atoms with van der Waals surface area (Å²) >= 11 is 1.19. The van der Waals surface area contributed by atoms with Gasteiger partial charge in [-0.05, 0) is 43.3 Å². The standard InChI is InChI=1S/C25H20N2O5S/c1-16-10-12-17(13-11-16)26-22(28)14-33-21-9-5-4-8-20(21)25(31)32-15-27-23(29)18-6-2-3-7-19(18)24(27)30/h2-13H,14-15H2,1H3,(H,26,28). The number of carbonyl (C=O) groups excluding carboxylic acids is 4. The number of hydrogen-bond donors (Lipinski definition) is 1. The van der Waals surface area contributed by atoms with Crippen LogP contribution in [-0.2, 0) is 9.53 Å². The lowest BCUT2D eigenvalue weighted by Crippen LogP contribution is -2.33. The number of anilines is 1. The second-order valence-corrected chi connectivity index (χ2v) is 8.36. The van der Waals surface area contributed by atoms with Crippen LogP contribution in [0.4, 0.5) is 5.69 Å². The molecular weight excluding hydrogens is 440 g/mol. The average molecular weight is 461 g/mol. The van der Waals surface area contributed by atoms with E-state index < -0.39 is 24.5 Å². The van der Waals surface area contributed by atoms with Crippen LogP contribution in [-0.4, -0.2) is 41.1 Å². The van der Waals surface area contributed by atoms with Gasteiger partial charge in [-0.3, -0.25) is 14.4 Å². The van der Waals surface area contributed by atoms with E-state index in [-0.39, 0.29) is 28.4 Å². The molecule has 0 saturated heterocycles. The summed E-state index contributed by atoms with van der Waals surface area (Å²) < 4.78 is 5.27. The molecule has 0 spiro atoms. The van der Waals surface area contributed by atoms with Crippen LogP contribution in [0.25, 0.3) is 0 Å². The number of rotatable bonds is 7. The van der Waals surface area contributed by atoms with Crippen molar-refractivity contribution in [1.82, 2.24) is 4.90 Å². The quantitative estimate of drug-likeness (QED) is 0.324. The molecule has 0 radical (unpaired) electrons. The Labute approximate surface area is 194 Å². The van der Waals surface area contributed by atoms with Crippen LogP contribution in [0.1, 0.15) is 36.6 Å². The van der Waals surface area contributed by atoms with Crippen molar-refractivity contribution in [3.63, 3.8) is 0 Å². The summed E-state index contributed by atoms with van der Waals surface area (Å²) in [5.74, 6) is -1.80. The molecule has 0 aromatic heterocycles. The molecule has 0 bridgehead atoms. The predicted molar refractivity (Wildman–Crippen MR) is 124 cm³/mol. The number of hydrogen-bond acceptors (Lipinski definition) is 6. The van der Waals surface area contributed by atoms with Crippen molar-refractivity contribution in [3.8, 4) is 0 Å².